The fourth-order valence-electron chi connectivity index (χ4n) is 2.70. The Morgan fingerprint density at radius 3 is 2.53 bits per heavy atom. The molecule has 2 atom stereocenters. The van der Waals surface area contributed by atoms with Crippen LogP contribution in [0.2, 0.25) is 0 Å². The van der Waals surface area contributed by atoms with Crippen LogP contribution >= 0.6 is 0 Å². The normalized spacial score (nSPS) is 26.4. The highest BCUT2D eigenvalue weighted by atomic mass is 16.3. The number of allylic oxidation sites excluding steroid dienone is 2. The van der Waals surface area contributed by atoms with E-state index in [-0.39, 0.29) is 12.0 Å². The van der Waals surface area contributed by atoms with E-state index < -0.39 is 0 Å². The van der Waals surface area contributed by atoms with Crippen LogP contribution in [0.1, 0.15) is 32.3 Å². The third-order valence-corrected chi connectivity index (χ3v) is 4.31. The first-order valence-electron chi connectivity index (χ1n) is 7.17. The van der Waals surface area contributed by atoms with Crippen LogP contribution < -0.4 is 4.90 Å². The Bertz CT molecular complexity index is 437. The first-order valence-corrected chi connectivity index (χ1v) is 7.17. The van der Waals surface area contributed by atoms with Crippen molar-refractivity contribution in [1.82, 2.24) is 0 Å². The highest BCUT2D eigenvalue weighted by molar-refractivity contribution is 5.48. The fourth-order valence-corrected chi connectivity index (χ4v) is 2.70. The second-order valence-corrected chi connectivity index (χ2v) is 5.98. The van der Waals surface area contributed by atoms with E-state index in [0.29, 0.717) is 12.5 Å². The predicted octanol–water partition coefficient (Wildman–Crippen LogP) is 3.36. The van der Waals surface area contributed by atoms with Crippen LogP contribution in [0.15, 0.2) is 36.4 Å². The molecule has 0 heterocycles. The van der Waals surface area contributed by atoms with Gasteiger partial charge in [0.1, 0.15) is 0 Å². The Hall–Kier alpha value is -1.28. The molecule has 1 aromatic rings. The van der Waals surface area contributed by atoms with Crippen LogP contribution in [0.25, 0.3) is 0 Å². The molecule has 0 amide bonds. The van der Waals surface area contributed by atoms with E-state index in [1.807, 2.05) is 7.05 Å². The molecule has 0 saturated heterocycles. The monoisotopic (exact) mass is 259 g/mol. The molecule has 0 aliphatic heterocycles. The molecule has 1 aliphatic rings. The number of hydrogen-bond donors (Lipinski definition) is 1. The molecule has 2 nitrogen and oxygen atoms in total. The van der Waals surface area contributed by atoms with Crippen molar-refractivity contribution in [2.75, 3.05) is 25.1 Å². The quantitative estimate of drug-likeness (QED) is 0.838. The second-order valence-electron chi connectivity index (χ2n) is 5.98. The minimum Gasteiger partial charge on any atom is -0.395 e. The van der Waals surface area contributed by atoms with Gasteiger partial charge in [0.05, 0.1) is 6.61 Å². The molecule has 0 bridgehead atoms. The lowest BCUT2D eigenvalue weighted by Gasteiger charge is -2.32. The number of nitrogens with zero attached hydrogens (tertiary/aromatic N) is 1. The largest absolute Gasteiger partial charge is 0.395 e. The van der Waals surface area contributed by atoms with Crippen molar-refractivity contribution in [3.63, 3.8) is 0 Å². The minimum absolute atomic E-state index is 0.181. The number of aliphatic hydroxyl groups is 1. The number of rotatable bonds is 4. The minimum atomic E-state index is 0.181. The van der Waals surface area contributed by atoms with Crippen molar-refractivity contribution in [1.29, 1.82) is 0 Å². The van der Waals surface area contributed by atoms with E-state index in [1.54, 1.807) is 0 Å². The van der Waals surface area contributed by atoms with Gasteiger partial charge in [0.15, 0.2) is 0 Å². The summed E-state index contributed by atoms with van der Waals surface area (Å²) in [4.78, 5) is 2.07. The van der Waals surface area contributed by atoms with Crippen LogP contribution in [-0.4, -0.2) is 25.3 Å². The maximum atomic E-state index is 8.97. The molecule has 1 aliphatic carbocycles. The SMILES string of the molecule is CC1C=CC(C)(c2ccc(N(C)CCO)cc2)CC1. The Morgan fingerprint density at radius 1 is 1.32 bits per heavy atom. The maximum Gasteiger partial charge on any atom is 0.0606 e. The van der Waals surface area contributed by atoms with Crippen LogP contribution in [0, 0.1) is 5.92 Å². The summed E-state index contributed by atoms with van der Waals surface area (Å²) < 4.78 is 0. The smallest absolute Gasteiger partial charge is 0.0606 e. The molecule has 0 spiro atoms. The van der Waals surface area contributed by atoms with Gasteiger partial charge in [-0.25, -0.2) is 0 Å². The zero-order valence-corrected chi connectivity index (χ0v) is 12.3. The number of aliphatic hydroxyl groups excluding tert-OH is 1. The average Bonchev–Trinajstić information content (AvgIpc) is 2.43. The van der Waals surface area contributed by atoms with Crippen LogP contribution in [0.3, 0.4) is 0 Å². The van der Waals surface area contributed by atoms with Gasteiger partial charge < -0.3 is 10.0 Å². The number of likely N-dealkylation sites (N-methyl/N-ethyl adjacent to an activating group) is 1. The summed E-state index contributed by atoms with van der Waals surface area (Å²) in [6, 6.07) is 8.76. The van der Waals surface area contributed by atoms with Gasteiger partial charge in [0.2, 0.25) is 0 Å². The molecule has 104 valence electrons. The van der Waals surface area contributed by atoms with Crippen molar-refractivity contribution >= 4 is 5.69 Å². The molecule has 2 rings (SSSR count). The summed E-state index contributed by atoms with van der Waals surface area (Å²) in [6.45, 7) is 5.47. The molecule has 2 unspecified atom stereocenters. The standard InChI is InChI=1S/C17H25NO/c1-14-8-10-17(2,11-9-14)15-4-6-16(7-5-15)18(3)12-13-19/h4-8,10,14,19H,9,11-13H2,1-3H3. The van der Waals surface area contributed by atoms with E-state index in [0.717, 1.165) is 5.69 Å². The molecule has 19 heavy (non-hydrogen) atoms. The Balaban J connectivity index is 2.16. The van der Waals surface area contributed by atoms with Gasteiger partial charge in [0.25, 0.3) is 0 Å². The molecule has 2 heteroatoms. The fraction of sp³-hybridized carbons (Fsp3) is 0.529. The summed E-state index contributed by atoms with van der Waals surface area (Å²) in [6.07, 6.45) is 7.19. The topological polar surface area (TPSA) is 23.5 Å². The summed E-state index contributed by atoms with van der Waals surface area (Å²) in [5.74, 6) is 0.711. The summed E-state index contributed by atoms with van der Waals surface area (Å²) >= 11 is 0. The van der Waals surface area contributed by atoms with Crippen LogP contribution in [0.5, 0.6) is 0 Å². The molecular weight excluding hydrogens is 234 g/mol. The van der Waals surface area contributed by atoms with Gasteiger partial charge in [-0.3, -0.25) is 0 Å². The zero-order chi connectivity index (χ0) is 13.9. The van der Waals surface area contributed by atoms with Gasteiger partial charge >= 0.3 is 0 Å². The number of benzene rings is 1. The summed E-state index contributed by atoms with van der Waals surface area (Å²) in [7, 11) is 2.01. The summed E-state index contributed by atoms with van der Waals surface area (Å²) in [5.41, 5.74) is 2.73. The van der Waals surface area contributed by atoms with Gasteiger partial charge in [-0.2, -0.15) is 0 Å². The van der Waals surface area contributed by atoms with Crippen LogP contribution in [-0.2, 0) is 5.41 Å². The van der Waals surface area contributed by atoms with Crippen molar-refractivity contribution in [3.05, 3.63) is 42.0 Å². The predicted molar refractivity (Wildman–Crippen MR) is 81.7 cm³/mol. The number of anilines is 1. The zero-order valence-electron chi connectivity index (χ0n) is 12.3. The third kappa shape index (κ3) is 3.19. The molecule has 0 saturated carbocycles. The second kappa shape index (κ2) is 5.79. The van der Waals surface area contributed by atoms with Gasteiger partial charge in [-0.05, 0) is 36.5 Å². The Kier molecular flexibility index (Phi) is 4.31. The first kappa shape index (κ1) is 14.1. The van der Waals surface area contributed by atoms with E-state index in [9.17, 15) is 0 Å². The lowest BCUT2D eigenvalue weighted by Crippen LogP contribution is -2.24. The van der Waals surface area contributed by atoms with Crippen molar-refractivity contribution < 1.29 is 5.11 Å². The van der Waals surface area contributed by atoms with Crippen molar-refractivity contribution in [2.24, 2.45) is 5.92 Å². The molecule has 0 radical (unpaired) electrons. The van der Waals surface area contributed by atoms with Gasteiger partial charge in [-0.15, -0.1) is 0 Å². The van der Waals surface area contributed by atoms with Crippen molar-refractivity contribution in [2.45, 2.75) is 32.1 Å². The van der Waals surface area contributed by atoms with Gasteiger partial charge in [0, 0.05) is 24.7 Å². The van der Waals surface area contributed by atoms with E-state index >= 15 is 0 Å². The molecule has 1 N–H and O–H groups in total. The van der Waals surface area contributed by atoms with E-state index in [2.05, 4.69) is 55.2 Å². The molecule has 1 aromatic carbocycles. The molecular formula is C17H25NO. The summed E-state index contributed by atoms with van der Waals surface area (Å²) in [5, 5.41) is 8.97. The molecule has 0 fully saturated rings. The first-order chi connectivity index (χ1) is 9.05. The molecule has 0 aromatic heterocycles. The van der Waals surface area contributed by atoms with E-state index in [4.69, 9.17) is 5.11 Å². The highest BCUT2D eigenvalue weighted by Gasteiger charge is 2.26. The average molecular weight is 259 g/mol. The van der Waals surface area contributed by atoms with E-state index in [1.165, 1.54) is 18.4 Å². The lowest BCUT2D eigenvalue weighted by molar-refractivity contribution is 0.304. The van der Waals surface area contributed by atoms with Gasteiger partial charge in [-0.1, -0.05) is 38.1 Å². The maximum absolute atomic E-state index is 8.97. The third-order valence-electron chi connectivity index (χ3n) is 4.31. The lowest BCUT2D eigenvalue weighted by atomic mass is 9.73. The van der Waals surface area contributed by atoms with Crippen LogP contribution in [0.4, 0.5) is 5.69 Å². The Labute approximate surface area is 116 Å². The number of hydrogen-bond acceptors (Lipinski definition) is 2. The highest BCUT2D eigenvalue weighted by Crippen LogP contribution is 2.36. The van der Waals surface area contributed by atoms with Crippen molar-refractivity contribution in [3.8, 4) is 0 Å². The Morgan fingerprint density at radius 2 is 2.00 bits per heavy atom.